The second-order valence-electron chi connectivity index (χ2n) is 7.08. The molecule has 3 aromatic carbocycles. The van der Waals surface area contributed by atoms with Gasteiger partial charge in [0.1, 0.15) is 5.71 Å². The van der Waals surface area contributed by atoms with E-state index in [-0.39, 0.29) is 28.5 Å². The monoisotopic (exact) mass is 443 g/mol. The van der Waals surface area contributed by atoms with E-state index in [0.29, 0.717) is 23.8 Å². The first-order chi connectivity index (χ1) is 16.0. The van der Waals surface area contributed by atoms with E-state index >= 15 is 0 Å². The van der Waals surface area contributed by atoms with Crippen LogP contribution in [0.4, 0.5) is 11.4 Å². The molecule has 0 spiro atoms. The fourth-order valence-electron chi connectivity index (χ4n) is 3.52. The summed E-state index contributed by atoms with van der Waals surface area (Å²) in [6.07, 6.45) is 1.48. The van der Waals surface area contributed by atoms with Crippen LogP contribution in [-0.4, -0.2) is 30.3 Å². The number of carbonyl (C=O) groups excluding carboxylic acids is 1. The van der Waals surface area contributed by atoms with E-state index in [4.69, 9.17) is 9.47 Å². The van der Waals surface area contributed by atoms with E-state index in [1.165, 1.54) is 30.3 Å². The third-order valence-electron chi connectivity index (χ3n) is 5.04. The Hall–Kier alpha value is -4.46. The van der Waals surface area contributed by atoms with Gasteiger partial charge in [-0.2, -0.15) is 10.1 Å². The number of hydrazone groups is 1. The highest BCUT2D eigenvalue weighted by Crippen LogP contribution is 2.37. The lowest BCUT2D eigenvalue weighted by atomic mass is 9.99. The first-order valence-corrected chi connectivity index (χ1v) is 10.3. The number of ether oxygens (including phenoxy) is 2. The zero-order valence-corrected chi connectivity index (χ0v) is 18.1. The Labute approximate surface area is 190 Å². The molecule has 1 heterocycles. The summed E-state index contributed by atoms with van der Waals surface area (Å²) in [4.78, 5) is 24.7. The predicted molar refractivity (Wildman–Crippen MR) is 126 cm³/mol. The van der Waals surface area contributed by atoms with Crippen LogP contribution >= 0.6 is 0 Å². The summed E-state index contributed by atoms with van der Waals surface area (Å²) in [5.41, 5.74) is 1.98. The second-order valence-corrected chi connectivity index (χ2v) is 7.08. The third kappa shape index (κ3) is 4.31. The van der Waals surface area contributed by atoms with E-state index in [2.05, 4.69) is 5.10 Å². The summed E-state index contributed by atoms with van der Waals surface area (Å²) >= 11 is 0. The minimum absolute atomic E-state index is 0.204. The SMILES string of the molecule is CCOc1cc([N+](=O)[O-])c(/C=C2\C(=O)N(c3ccccc3)N=C2c2ccccc2)cc1OC. The molecule has 0 atom stereocenters. The van der Waals surface area contributed by atoms with Crippen LogP contribution in [0.25, 0.3) is 6.08 Å². The molecule has 1 aliphatic heterocycles. The maximum atomic E-state index is 13.4. The van der Waals surface area contributed by atoms with Gasteiger partial charge in [-0.15, -0.1) is 0 Å². The Morgan fingerprint density at radius 1 is 1.03 bits per heavy atom. The van der Waals surface area contributed by atoms with E-state index in [9.17, 15) is 14.9 Å². The van der Waals surface area contributed by atoms with Gasteiger partial charge in [0, 0.05) is 5.56 Å². The minimum Gasteiger partial charge on any atom is -0.493 e. The normalized spacial score (nSPS) is 14.4. The van der Waals surface area contributed by atoms with E-state index < -0.39 is 4.92 Å². The first kappa shape index (κ1) is 21.8. The number of hydrogen-bond acceptors (Lipinski definition) is 6. The lowest BCUT2D eigenvalue weighted by molar-refractivity contribution is -0.385. The minimum atomic E-state index is -0.512. The average molecular weight is 443 g/mol. The molecule has 8 nitrogen and oxygen atoms in total. The molecule has 0 saturated heterocycles. The molecular formula is C25H21N3O5. The molecule has 0 N–H and O–H groups in total. The van der Waals surface area contributed by atoms with Crippen molar-refractivity contribution in [3.63, 3.8) is 0 Å². The van der Waals surface area contributed by atoms with Crippen molar-refractivity contribution in [2.45, 2.75) is 6.92 Å². The number of amides is 1. The fourth-order valence-corrected chi connectivity index (χ4v) is 3.52. The van der Waals surface area contributed by atoms with Crippen LogP contribution in [0.2, 0.25) is 0 Å². The molecule has 0 unspecified atom stereocenters. The summed E-state index contributed by atoms with van der Waals surface area (Å²) in [7, 11) is 1.45. The highest BCUT2D eigenvalue weighted by atomic mass is 16.6. The number of carbonyl (C=O) groups is 1. The van der Waals surface area contributed by atoms with Gasteiger partial charge in [-0.1, -0.05) is 48.5 Å². The fraction of sp³-hybridized carbons (Fsp3) is 0.120. The molecule has 8 heteroatoms. The molecular weight excluding hydrogens is 422 g/mol. The maximum Gasteiger partial charge on any atom is 0.281 e. The van der Waals surface area contributed by atoms with Crippen molar-refractivity contribution >= 4 is 29.1 Å². The van der Waals surface area contributed by atoms with Gasteiger partial charge in [0.2, 0.25) is 0 Å². The van der Waals surface area contributed by atoms with Crippen molar-refractivity contribution < 1.29 is 19.2 Å². The Kier molecular flexibility index (Phi) is 6.17. The second kappa shape index (κ2) is 9.35. The quantitative estimate of drug-likeness (QED) is 0.296. The van der Waals surface area contributed by atoms with Gasteiger partial charge in [0.25, 0.3) is 11.6 Å². The molecule has 166 valence electrons. The van der Waals surface area contributed by atoms with Crippen LogP contribution in [0.5, 0.6) is 11.5 Å². The molecule has 4 rings (SSSR count). The molecule has 1 amide bonds. The van der Waals surface area contributed by atoms with Crippen molar-refractivity contribution in [3.8, 4) is 11.5 Å². The topological polar surface area (TPSA) is 94.3 Å². The van der Waals surface area contributed by atoms with Crippen LogP contribution in [-0.2, 0) is 4.79 Å². The van der Waals surface area contributed by atoms with Gasteiger partial charge in [0.15, 0.2) is 11.5 Å². The molecule has 0 bridgehead atoms. The van der Waals surface area contributed by atoms with Gasteiger partial charge in [0.05, 0.1) is 41.5 Å². The van der Waals surface area contributed by atoms with Gasteiger partial charge in [-0.05, 0) is 31.2 Å². The van der Waals surface area contributed by atoms with Gasteiger partial charge in [-0.3, -0.25) is 14.9 Å². The highest BCUT2D eigenvalue weighted by molar-refractivity contribution is 6.37. The molecule has 0 aliphatic carbocycles. The standard InChI is InChI=1S/C25H21N3O5/c1-3-33-23-16-21(28(30)31)18(15-22(23)32-2)14-20-24(17-10-6-4-7-11-17)26-27(25(20)29)19-12-8-5-9-13-19/h4-16H,3H2,1-2H3/b20-14-. The zero-order valence-electron chi connectivity index (χ0n) is 18.1. The molecule has 1 aliphatic rings. The molecule has 0 aromatic heterocycles. The van der Waals surface area contributed by atoms with E-state index in [1.807, 2.05) is 48.5 Å². The van der Waals surface area contributed by atoms with Crippen LogP contribution < -0.4 is 14.5 Å². The third-order valence-corrected chi connectivity index (χ3v) is 5.04. The Bertz CT molecular complexity index is 1250. The number of benzene rings is 3. The van der Waals surface area contributed by atoms with Crippen LogP contribution in [0, 0.1) is 10.1 Å². The number of anilines is 1. The van der Waals surface area contributed by atoms with Crippen molar-refractivity contribution in [1.82, 2.24) is 0 Å². The van der Waals surface area contributed by atoms with Crippen molar-refractivity contribution in [1.29, 1.82) is 0 Å². The number of hydrogen-bond donors (Lipinski definition) is 0. The van der Waals surface area contributed by atoms with Crippen LogP contribution in [0.3, 0.4) is 0 Å². The van der Waals surface area contributed by atoms with Crippen LogP contribution in [0.1, 0.15) is 18.1 Å². The van der Waals surface area contributed by atoms with E-state index in [1.54, 1.807) is 19.1 Å². The summed E-state index contributed by atoms with van der Waals surface area (Å²) in [6.45, 7) is 2.10. The largest absolute Gasteiger partial charge is 0.493 e. The summed E-state index contributed by atoms with van der Waals surface area (Å²) in [5, 5.41) is 17.7. The van der Waals surface area contributed by atoms with Crippen molar-refractivity contribution in [2.75, 3.05) is 18.7 Å². The van der Waals surface area contributed by atoms with Gasteiger partial charge < -0.3 is 9.47 Å². The molecule has 0 fully saturated rings. The number of rotatable bonds is 7. The molecule has 0 saturated carbocycles. The Morgan fingerprint density at radius 3 is 2.30 bits per heavy atom. The van der Waals surface area contributed by atoms with Gasteiger partial charge >= 0.3 is 0 Å². The summed E-state index contributed by atoms with van der Waals surface area (Å²) in [6, 6.07) is 21.0. The van der Waals surface area contributed by atoms with Gasteiger partial charge in [-0.25, -0.2) is 0 Å². The van der Waals surface area contributed by atoms with Crippen LogP contribution in [0.15, 0.2) is 83.5 Å². The van der Waals surface area contributed by atoms with Crippen molar-refractivity contribution in [2.24, 2.45) is 5.10 Å². The van der Waals surface area contributed by atoms with E-state index in [0.717, 1.165) is 5.56 Å². The Morgan fingerprint density at radius 2 is 1.70 bits per heavy atom. The smallest absolute Gasteiger partial charge is 0.281 e. The number of nitrogens with zero attached hydrogens (tertiary/aromatic N) is 3. The first-order valence-electron chi connectivity index (χ1n) is 10.3. The number of para-hydroxylation sites is 1. The highest BCUT2D eigenvalue weighted by Gasteiger charge is 2.33. The lowest BCUT2D eigenvalue weighted by Gasteiger charge is -2.12. The molecule has 3 aromatic rings. The summed E-state index contributed by atoms with van der Waals surface area (Å²) < 4.78 is 10.8. The predicted octanol–water partition coefficient (Wildman–Crippen LogP) is 4.84. The Balaban J connectivity index is 1.89. The number of methoxy groups -OCH3 is 1. The van der Waals surface area contributed by atoms with Crippen molar-refractivity contribution in [3.05, 3.63) is 99.6 Å². The summed E-state index contributed by atoms with van der Waals surface area (Å²) in [5.74, 6) is 0.203. The maximum absolute atomic E-state index is 13.4. The molecule has 0 radical (unpaired) electrons. The number of nitro groups is 1. The molecule has 33 heavy (non-hydrogen) atoms. The lowest BCUT2D eigenvalue weighted by Crippen LogP contribution is -2.21. The average Bonchev–Trinajstić information content (AvgIpc) is 3.16. The number of nitro benzene ring substituents is 1. The zero-order chi connectivity index (χ0) is 23.4.